The van der Waals surface area contributed by atoms with Crippen molar-refractivity contribution in [3.05, 3.63) is 64.9 Å². The largest absolute Gasteiger partial charge is 0.484 e. The third-order valence-corrected chi connectivity index (χ3v) is 3.15. The van der Waals surface area contributed by atoms with E-state index in [4.69, 9.17) is 16.3 Å². The number of nitrogens with one attached hydrogen (secondary N) is 1. The van der Waals surface area contributed by atoms with E-state index in [-0.39, 0.29) is 24.4 Å². The molecule has 0 aliphatic heterocycles. The molecule has 2 rings (SSSR count). The van der Waals surface area contributed by atoms with Gasteiger partial charge in [0.1, 0.15) is 11.6 Å². The lowest BCUT2D eigenvalue weighted by atomic mass is 10.1. The Labute approximate surface area is 127 Å². The van der Waals surface area contributed by atoms with Gasteiger partial charge in [0.05, 0.1) is 6.04 Å². The number of amides is 1. The highest BCUT2D eigenvalue weighted by atomic mass is 35.5. The van der Waals surface area contributed by atoms with E-state index in [9.17, 15) is 9.18 Å². The zero-order valence-electron chi connectivity index (χ0n) is 11.5. The molecule has 1 N–H and O–H groups in total. The van der Waals surface area contributed by atoms with E-state index >= 15 is 0 Å². The van der Waals surface area contributed by atoms with Crippen molar-refractivity contribution in [2.75, 3.05) is 6.61 Å². The average Bonchev–Trinajstić information content (AvgIpc) is 2.46. The van der Waals surface area contributed by atoms with Crippen LogP contribution in [-0.2, 0) is 4.79 Å². The fourth-order valence-corrected chi connectivity index (χ4v) is 2.00. The summed E-state index contributed by atoms with van der Waals surface area (Å²) in [7, 11) is 0. The third-order valence-electron chi connectivity index (χ3n) is 2.91. The number of carbonyl (C=O) groups is 1. The van der Waals surface area contributed by atoms with Crippen LogP contribution in [0.2, 0.25) is 5.02 Å². The molecule has 0 radical (unpaired) electrons. The van der Waals surface area contributed by atoms with Crippen molar-refractivity contribution in [2.45, 2.75) is 13.0 Å². The number of ether oxygens (including phenoxy) is 1. The fraction of sp³-hybridized carbons (Fsp3) is 0.188. The van der Waals surface area contributed by atoms with E-state index in [2.05, 4.69) is 5.32 Å². The van der Waals surface area contributed by atoms with Gasteiger partial charge in [-0.05, 0) is 42.8 Å². The van der Waals surface area contributed by atoms with Gasteiger partial charge in [0.25, 0.3) is 5.91 Å². The molecule has 0 aromatic heterocycles. The minimum absolute atomic E-state index is 0.105. The van der Waals surface area contributed by atoms with Crippen molar-refractivity contribution < 1.29 is 13.9 Å². The van der Waals surface area contributed by atoms with E-state index < -0.39 is 0 Å². The van der Waals surface area contributed by atoms with Gasteiger partial charge in [0.15, 0.2) is 6.61 Å². The molecule has 0 aliphatic rings. The van der Waals surface area contributed by atoms with Gasteiger partial charge in [-0.3, -0.25) is 4.79 Å². The topological polar surface area (TPSA) is 38.3 Å². The predicted octanol–water partition coefficient (Wildman–Crippen LogP) is 3.74. The van der Waals surface area contributed by atoms with Gasteiger partial charge in [-0.25, -0.2) is 4.39 Å². The lowest BCUT2D eigenvalue weighted by molar-refractivity contribution is -0.123. The normalized spacial score (nSPS) is 11.8. The zero-order valence-corrected chi connectivity index (χ0v) is 12.2. The molecular formula is C16H15ClFNO2. The molecule has 0 saturated heterocycles. The molecule has 0 bridgehead atoms. The molecule has 110 valence electrons. The van der Waals surface area contributed by atoms with Crippen LogP contribution in [0.1, 0.15) is 18.5 Å². The lowest BCUT2D eigenvalue weighted by Crippen LogP contribution is -2.31. The van der Waals surface area contributed by atoms with Crippen molar-refractivity contribution in [3.8, 4) is 5.75 Å². The smallest absolute Gasteiger partial charge is 0.258 e. The number of benzene rings is 2. The molecule has 0 heterocycles. The standard InChI is InChI=1S/C16H15ClFNO2/c1-11(12-5-7-14(18)8-6-12)19-16(20)10-21-15-4-2-3-13(17)9-15/h2-9,11H,10H2,1H3,(H,19,20)/t11-/m0/s1. The summed E-state index contributed by atoms with van der Waals surface area (Å²) in [5.41, 5.74) is 0.826. The van der Waals surface area contributed by atoms with Crippen LogP contribution in [0.25, 0.3) is 0 Å². The van der Waals surface area contributed by atoms with Crippen LogP contribution in [0.3, 0.4) is 0 Å². The van der Waals surface area contributed by atoms with Crippen molar-refractivity contribution in [1.29, 1.82) is 0 Å². The van der Waals surface area contributed by atoms with E-state index in [1.54, 1.807) is 36.4 Å². The summed E-state index contributed by atoms with van der Waals surface area (Å²) in [6, 6.07) is 12.6. The maximum absolute atomic E-state index is 12.8. The Balaban J connectivity index is 1.85. The molecule has 5 heteroatoms. The highest BCUT2D eigenvalue weighted by Gasteiger charge is 2.10. The molecule has 1 atom stereocenters. The Kier molecular flexibility index (Phi) is 5.17. The average molecular weight is 308 g/mol. The van der Waals surface area contributed by atoms with Crippen LogP contribution in [-0.4, -0.2) is 12.5 Å². The molecule has 0 fully saturated rings. The predicted molar refractivity (Wildman–Crippen MR) is 79.9 cm³/mol. The van der Waals surface area contributed by atoms with Gasteiger partial charge < -0.3 is 10.1 Å². The molecule has 0 saturated carbocycles. The first kappa shape index (κ1) is 15.3. The Hall–Kier alpha value is -2.07. The van der Waals surface area contributed by atoms with Gasteiger partial charge in [-0.1, -0.05) is 29.8 Å². The summed E-state index contributed by atoms with van der Waals surface area (Å²) >= 11 is 5.83. The van der Waals surface area contributed by atoms with Crippen LogP contribution in [0, 0.1) is 5.82 Å². The van der Waals surface area contributed by atoms with Crippen LogP contribution in [0.5, 0.6) is 5.75 Å². The number of hydrogen-bond acceptors (Lipinski definition) is 2. The van der Waals surface area contributed by atoms with Gasteiger partial charge >= 0.3 is 0 Å². The molecule has 2 aromatic rings. The summed E-state index contributed by atoms with van der Waals surface area (Å²) in [6.07, 6.45) is 0. The molecule has 1 amide bonds. The van der Waals surface area contributed by atoms with E-state index in [1.807, 2.05) is 6.92 Å². The molecule has 0 aliphatic carbocycles. The summed E-state index contributed by atoms with van der Waals surface area (Å²) in [4.78, 5) is 11.8. The Morgan fingerprint density at radius 3 is 2.67 bits per heavy atom. The van der Waals surface area contributed by atoms with Crippen LogP contribution >= 0.6 is 11.6 Å². The second-order valence-electron chi connectivity index (χ2n) is 4.59. The third kappa shape index (κ3) is 4.76. The summed E-state index contributed by atoms with van der Waals surface area (Å²) in [6.45, 7) is 1.72. The molecule has 0 unspecified atom stereocenters. The van der Waals surface area contributed by atoms with Crippen molar-refractivity contribution in [3.63, 3.8) is 0 Å². The van der Waals surface area contributed by atoms with Gasteiger partial charge in [0, 0.05) is 5.02 Å². The number of hydrogen-bond donors (Lipinski definition) is 1. The van der Waals surface area contributed by atoms with Crippen LogP contribution in [0.15, 0.2) is 48.5 Å². The lowest BCUT2D eigenvalue weighted by Gasteiger charge is -2.14. The quantitative estimate of drug-likeness (QED) is 0.914. The van der Waals surface area contributed by atoms with Gasteiger partial charge in [0.2, 0.25) is 0 Å². The molecule has 2 aromatic carbocycles. The summed E-state index contributed by atoms with van der Waals surface area (Å²) in [5.74, 6) is -0.0274. The summed E-state index contributed by atoms with van der Waals surface area (Å²) in [5, 5.41) is 3.33. The first-order valence-corrected chi connectivity index (χ1v) is 6.85. The molecular weight excluding hydrogens is 293 g/mol. The molecule has 3 nitrogen and oxygen atoms in total. The second kappa shape index (κ2) is 7.09. The maximum Gasteiger partial charge on any atom is 0.258 e. The minimum atomic E-state index is -0.304. The Morgan fingerprint density at radius 2 is 2.00 bits per heavy atom. The van der Waals surface area contributed by atoms with Crippen molar-refractivity contribution in [2.24, 2.45) is 0 Å². The first-order valence-electron chi connectivity index (χ1n) is 6.48. The minimum Gasteiger partial charge on any atom is -0.484 e. The van der Waals surface area contributed by atoms with Crippen LogP contribution in [0.4, 0.5) is 4.39 Å². The number of rotatable bonds is 5. The first-order chi connectivity index (χ1) is 10.0. The number of carbonyl (C=O) groups excluding carboxylic acids is 1. The fourth-order valence-electron chi connectivity index (χ4n) is 1.82. The maximum atomic E-state index is 12.8. The highest BCUT2D eigenvalue weighted by molar-refractivity contribution is 6.30. The zero-order chi connectivity index (χ0) is 15.2. The van der Waals surface area contributed by atoms with E-state index in [1.165, 1.54) is 12.1 Å². The Morgan fingerprint density at radius 1 is 1.29 bits per heavy atom. The van der Waals surface area contributed by atoms with Crippen molar-refractivity contribution in [1.82, 2.24) is 5.32 Å². The second-order valence-corrected chi connectivity index (χ2v) is 5.02. The van der Waals surface area contributed by atoms with E-state index in [0.717, 1.165) is 5.56 Å². The van der Waals surface area contributed by atoms with E-state index in [0.29, 0.717) is 10.8 Å². The van der Waals surface area contributed by atoms with Gasteiger partial charge in [-0.2, -0.15) is 0 Å². The molecule has 21 heavy (non-hydrogen) atoms. The number of halogens is 2. The van der Waals surface area contributed by atoms with Crippen LogP contribution < -0.4 is 10.1 Å². The molecule has 0 spiro atoms. The monoisotopic (exact) mass is 307 g/mol. The highest BCUT2D eigenvalue weighted by Crippen LogP contribution is 2.17. The Bertz CT molecular complexity index is 616. The van der Waals surface area contributed by atoms with Crippen molar-refractivity contribution >= 4 is 17.5 Å². The van der Waals surface area contributed by atoms with Gasteiger partial charge in [-0.15, -0.1) is 0 Å². The SMILES string of the molecule is C[C@H](NC(=O)COc1cccc(Cl)c1)c1ccc(F)cc1. The summed E-state index contributed by atoms with van der Waals surface area (Å²) < 4.78 is 18.2.